The summed E-state index contributed by atoms with van der Waals surface area (Å²) in [5.41, 5.74) is 5.06. The van der Waals surface area contributed by atoms with Crippen molar-refractivity contribution in [2.24, 2.45) is 10.8 Å². The molecule has 0 heterocycles. The van der Waals surface area contributed by atoms with Gasteiger partial charge >= 0.3 is 12.1 Å². The van der Waals surface area contributed by atoms with Crippen LogP contribution in [-0.4, -0.2) is 26.7 Å². The molecule has 0 spiro atoms. The number of carbonyl (C=O) groups excluding carboxylic acids is 2. The van der Waals surface area contributed by atoms with Crippen LogP contribution in [0, 0.1) is 0 Å². The molecular weight excluding hydrogens is 286 g/mol. The largest absolute Gasteiger partial charge is 0.351 e. The van der Waals surface area contributed by atoms with E-state index in [1.54, 1.807) is 12.2 Å². The Labute approximate surface area is 115 Å². The molecule has 4 amide bonds. The van der Waals surface area contributed by atoms with E-state index < -0.39 is 22.1 Å². The summed E-state index contributed by atoms with van der Waals surface area (Å²) in [6.07, 6.45) is 1.29. The van der Waals surface area contributed by atoms with Crippen LogP contribution in [0.5, 0.6) is 0 Å². The summed E-state index contributed by atoms with van der Waals surface area (Å²) < 4.78 is 23.4. The van der Waals surface area contributed by atoms with E-state index >= 15 is 0 Å². The predicted molar refractivity (Wildman–Crippen MR) is 72.7 cm³/mol. The minimum absolute atomic E-state index is 0.0241. The van der Waals surface area contributed by atoms with Gasteiger partial charge in [-0.05, 0) is 31.2 Å². The number of primary amides is 1. The second-order valence-corrected chi connectivity index (χ2v) is 5.11. The maximum atomic E-state index is 11.7. The Morgan fingerprint density at radius 1 is 1.25 bits per heavy atom. The van der Waals surface area contributed by atoms with Crippen molar-refractivity contribution in [3.8, 4) is 0 Å². The predicted octanol–water partition coefficient (Wildman–Crippen LogP) is 0.171. The summed E-state index contributed by atoms with van der Waals surface area (Å²) in [7, 11) is -3.74. The number of nitrogens with one attached hydrogen (secondary N) is 3. The number of benzene rings is 1. The van der Waals surface area contributed by atoms with Crippen LogP contribution in [0.2, 0.25) is 0 Å². The number of nitrogens with zero attached hydrogens (tertiary/aromatic N) is 1. The Hall–Kier alpha value is -2.62. The van der Waals surface area contributed by atoms with Crippen molar-refractivity contribution >= 4 is 34.0 Å². The Morgan fingerprint density at radius 3 is 2.35 bits per heavy atom. The van der Waals surface area contributed by atoms with Crippen molar-refractivity contribution in [1.29, 1.82) is 0 Å². The summed E-state index contributed by atoms with van der Waals surface area (Å²) in [5.74, 6) is 0. The van der Waals surface area contributed by atoms with Crippen LogP contribution in [0.3, 0.4) is 0 Å². The molecule has 0 aliphatic carbocycles. The number of carbonyl (C=O) groups is 2. The minimum atomic E-state index is -3.74. The first-order valence-corrected chi connectivity index (χ1v) is 6.80. The molecule has 5 N–H and O–H groups in total. The average molecular weight is 299 g/mol. The lowest BCUT2D eigenvalue weighted by Gasteiger charge is -2.06. The van der Waals surface area contributed by atoms with Gasteiger partial charge in [0.1, 0.15) is 0 Å². The maximum Gasteiger partial charge on any atom is 0.327 e. The topological polar surface area (TPSA) is 143 Å². The molecule has 0 aromatic heterocycles. The van der Waals surface area contributed by atoms with Gasteiger partial charge in [-0.3, -0.25) is 5.32 Å². The number of urea groups is 2. The van der Waals surface area contributed by atoms with Crippen molar-refractivity contribution in [2.75, 3.05) is 5.32 Å². The lowest BCUT2D eigenvalue weighted by atomic mass is 10.3. The highest BCUT2D eigenvalue weighted by Gasteiger charge is 2.12. The monoisotopic (exact) mass is 299 g/mol. The number of hydrazone groups is 1. The normalized spacial score (nSPS) is 11.1. The van der Waals surface area contributed by atoms with Crippen LogP contribution in [0.4, 0.5) is 15.3 Å². The molecule has 0 radical (unpaired) electrons. The first kappa shape index (κ1) is 15.4. The third-order valence-corrected chi connectivity index (χ3v) is 3.20. The SMILES string of the molecule is C/C=N/NS(=O)(=O)c1ccc(NC(=O)NC(N)=O)cc1. The average Bonchev–Trinajstić information content (AvgIpc) is 2.36. The van der Waals surface area contributed by atoms with Crippen LogP contribution in [0.25, 0.3) is 0 Å². The number of hydrogen-bond donors (Lipinski definition) is 4. The molecule has 0 atom stereocenters. The van der Waals surface area contributed by atoms with Gasteiger partial charge in [0, 0.05) is 11.9 Å². The van der Waals surface area contributed by atoms with Crippen molar-refractivity contribution in [2.45, 2.75) is 11.8 Å². The number of amides is 4. The zero-order valence-electron chi connectivity index (χ0n) is 10.5. The van der Waals surface area contributed by atoms with E-state index in [0.717, 1.165) is 0 Å². The molecule has 0 fully saturated rings. The van der Waals surface area contributed by atoms with Gasteiger partial charge in [-0.25, -0.2) is 14.4 Å². The molecule has 0 unspecified atom stereocenters. The first-order valence-electron chi connectivity index (χ1n) is 5.32. The Kier molecular flexibility index (Phi) is 5.03. The molecule has 0 aliphatic rings. The lowest BCUT2D eigenvalue weighted by molar-refractivity contribution is 0.238. The molecular formula is C10H13N5O4S. The van der Waals surface area contributed by atoms with Gasteiger partial charge in [0.2, 0.25) is 0 Å². The molecule has 108 valence electrons. The highest BCUT2D eigenvalue weighted by atomic mass is 32.2. The van der Waals surface area contributed by atoms with Gasteiger partial charge in [0.15, 0.2) is 0 Å². The Morgan fingerprint density at radius 2 is 1.85 bits per heavy atom. The second kappa shape index (κ2) is 6.52. The van der Waals surface area contributed by atoms with Crippen molar-refractivity contribution < 1.29 is 18.0 Å². The number of imide groups is 1. The minimum Gasteiger partial charge on any atom is -0.351 e. The van der Waals surface area contributed by atoms with Gasteiger partial charge in [0.05, 0.1) is 4.90 Å². The second-order valence-electron chi connectivity index (χ2n) is 3.45. The number of hydrogen-bond acceptors (Lipinski definition) is 5. The zero-order valence-corrected chi connectivity index (χ0v) is 11.3. The van der Waals surface area contributed by atoms with E-state index in [1.165, 1.54) is 30.5 Å². The third kappa shape index (κ3) is 4.57. The van der Waals surface area contributed by atoms with Gasteiger partial charge < -0.3 is 11.1 Å². The highest BCUT2D eigenvalue weighted by molar-refractivity contribution is 7.89. The molecule has 1 aromatic carbocycles. The standard InChI is InChI=1S/C10H13N5O4S/c1-2-12-15-20(18,19)8-5-3-7(4-6-8)13-10(17)14-9(11)16/h2-6,15H,1H3,(H4,11,13,14,16,17)/b12-2+. The summed E-state index contributed by atoms with van der Waals surface area (Å²) in [5, 5.41) is 7.53. The van der Waals surface area contributed by atoms with E-state index in [4.69, 9.17) is 5.73 Å². The van der Waals surface area contributed by atoms with Crippen LogP contribution >= 0.6 is 0 Å². The van der Waals surface area contributed by atoms with E-state index in [1.807, 2.05) is 4.83 Å². The molecule has 10 heteroatoms. The van der Waals surface area contributed by atoms with E-state index in [0.29, 0.717) is 5.69 Å². The summed E-state index contributed by atoms with van der Waals surface area (Å²) in [6.45, 7) is 1.56. The molecule has 20 heavy (non-hydrogen) atoms. The molecule has 9 nitrogen and oxygen atoms in total. The molecule has 0 aliphatic heterocycles. The van der Waals surface area contributed by atoms with Gasteiger partial charge in [0.25, 0.3) is 10.0 Å². The fourth-order valence-corrected chi connectivity index (χ4v) is 2.01. The van der Waals surface area contributed by atoms with Gasteiger partial charge in [-0.2, -0.15) is 13.5 Å². The number of sulfonamides is 1. The highest BCUT2D eigenvalue weighted by Crippen LogP contribution is 2.13. The zero-order chi connectivity index (χ0) is 15.2. The Bertz CT molecular complexity index is 624. The molecule has 0 bridgehead atoms. The molecule has 1 rings (SSSR count). The number of rotatable bonds is 4. The fourth-order valence-electron chi connectivity index (χ4n) is 1.17. The van der Waals surface area contributed by atoms with E-state index in [-0.39, 0.29) is 4.90 Å². The maximum absolute atomic E-state index is 11.7. The summed E-state index contributed by atoms with van der Waals surface area (Å²) >= 11 is 0. The molecule has 1 aromatic rings. The fraction of sp³-hybridized carbons (Fsp3) is 0.100. The van der Waals surface area contributed by atoms with Crippen LogP contribution in [0.1, 0.15) is 6.92 Å². The Balaban J connectivity index is 2.79. The number of nitrogens with two attached hydrogens (primary N) is 1. The molecule has 0 saturated heterocycles. The quantitative estimate of drug-likeness (QED) is 0.464. The van der Waals surface area contributed by atoms with Gasteiger partial charge in [-0.1, -0.05) is 0 Å². The van der Waals surface area contributed by atoms with Crippen molar-refractivity contribution in [1.82, 2.24) is 10.1 Å². The first-order chi connectivity index (χ1) is 9.35. The van der Waals surface area contributed by atoms with Crippen LogP contribution < -0.4 is 21.2 Å². The smallest absolute Gasteiger partial charge is 0.327 e. The van der Waals surface area contributed by atoms with E-state index in [9.17, 15) is 18.0 Å². The summed E-state index contributed by atoms with van der Waals surface area (Å²) in [6, 6.07) is 3.43. The lowest BCUT2D eigenvalue weighted by Crippen LogP contribution is -2.38. The number of anilines is 1. The molecule has 0 saturated carbocycles. The third-order valence-electron chi connectivity index (χ3n) is 1.96. The van der Waals surface area contributed by atoms with Crippen LogP contribution in [0.15, 0.2) is 34.3 Å². The van der Waals surface area contributed by atoms with E-state index in [2.05, 4.69) is 10.4 Å². The van der Waals surface area contributed by atoms with Crippen molar-refractivity contribution in [3.05, 3.63) is 24.3 Å². The van der Waals surface area contributed by atoms with Crippen LogP contribution in [-0.2, 0) is 10.0 Å². The summed E-state index contributed by atoms with van der Waals surface area (Å²) in [4.78, 5) is 23.6. The van der Waals surface area contributed by atoms with Gasteiger partial charge in [-0.15, -0.1) is 0 Å². The van der Waals surface area contributed by atoms with Crippen molar-refractivity contribution in [3.63, 3.8) is 0 Å².